The number of rotatable bonds is 3. The van der Waals surface area contributed by atoms with Crippen LogP contribution in [0.5, 0.6) is 5.75 Å². The van der Waals surface area contributed by atoms with E-state index in [1.165, 1.54) is 19.3 Å². The molecular formula is C17H23Cl2NO. The number of halogens is 2. The minimum absolute atomic E-state index is 0.139. The molecule has 0 saturated heterocycles. The maximum Gasteiger partial charge on any atom is 0.138 e. The number of nitrogens with one attached hydrogen (secondary N) is 1. The number of benzene rings is 1. The molecule has 3 rings (SSSR count). The van der Waals surface area contributed by atoms with Crippen molar-refractivity contribution in [1.82, 2.24) is 5.32 Å². The number of phenolic OH excluding ortho intramolecular Hbond substituents is 1. The van der Waals surface area contributed by atoms with Crippen LogP contribution in [0.1, 0.15) is 45.6 Å². The average Bonchev–Trinajstić information content (AvgIpc) is 2.85. The summed E-state index contributed by atoms with van der Waals surface area (Å²) in [7, 11) is 0. The first kappa shape index (κ1) is 15.5. The predicted molar refractivity (Wildman–Crippen MR) is 88.0 cm³/mol. The Bertz CT molecular complexity index is 567. The van der Waals surface area contributed by atoms with Crippen molar-refractivity contribution in [3.8, 4) is 5.75 Å². The van der Waals surface area contributed by atoms with Crippen LogP contribution >= 0.6 is 23.2 Å². The molecule has 1 aromatic rings. The molecule has 0 aliphatic heterocycles. The van der Waals surface area contributed by atoms with Gasteiger partial charge in [0, 0.05) is 23.2 Å². The third kappa shape index (κ3) is 2.46. The molecule has 0 aromatic heterocycles. The minimum atomic E-state index is 0.139. The van der Waals surface area contributed by atoms with E-state index in [0.717, 1.165) is 11.5 Å². The fourth-order valence-corrected chi connectivity index (χ4v) is 5.31. The van der Waals surface area contributed by atoms with E-state index >= 15 is 0 Å². The highest BCUT2D eigenvalue weighted by atomic mass is 35.5. The molecule has 2 saturated carbocycles. The summed E-state index contributed by atoms with van der Waals surface area (Å²) >= 11 is 12.0. The molecule has 0 radical (unpaired) electrons. The molecule has 21 heavy (non-hydrogen) atoms. The van der Waals surface area contributed by atoms with Crippen LogP contribution in [-0.4, -0.2) is 11.1 Å². The summed E-state index contributed by atoms with van der Waals surface area (Å²) in [6.07, 6.45) is 3.94. The predicted octanol–water partition coefficient (Wildman–Crippen LogP) is 5.00. The maximum absolute atomic E-state index is 10.1. The standard InChI is InChI=1S/C17H23Cl2NO/c1-16(2)11-4-5-17(3,8-11)15(16)20-9-10-6-12(18)7-13(19)14(10)21/h6-7,11,15,20-21H,4-5,8-9H2,1-3H3. The van der Waals surface area contributed by atoms with Gasteiger partial charge in [-0.1, -0.05) is 44.0 Å². The number of hydrogen-bond donors (Lipinski definition) is 2. The summed E-state index contributed by atoms with van der Waals surface area (Å²) < 4.78 is 0. The van der Waals surface area contributed by atoms with Gasteiger partial charge in [-0.25, -0.2) is 0 Å². The minimum Gasteiger partial charge on any atom is -0.506 e. The molecule has 3 unspecified atom stereocenters. The third-order valence-corrected chi connectivity index (χ3v) is 6.38. The first-order valence-corrected chi connectivity index (χ1v) is 8.40. The van der Waals surface area contributed by atoms with Gasteiger partial charge in [-0.05, 0) is 48.1 Å². The van der Waals surface area contributed by atoms with Crippen molar-refractivity contribution in [3.63, 3.8) is 0 Å². The van der Waals surface area contributed by atoms with E-state index in [-0.39, 0.29) is 5.75 Å². The summed E-state index contributed by atoms with van der Waals surface area (Å²) in [4.78, 5) is 0. The van der Waals surface area contributed by atoms with Crippen LogP contribution in [0.15, 0.2) is 12.1 Å². The van der Waals surface area contributed by atoms with Crippen molar-refractivity contribution in [1.29, 1.82) is 0 Å². The zero-order valence-electron chi connectivity index (χ0n) is 12.8. The summed E-state index contributed by atoms with van der Waals surface area (Å²) in [6, 6.07) is 3.82. The van der Waals surface area contributed by atoms with Crippen molar-refractivity contribution >= 4 is 23.2 Å². The highest BCUT2D eigenvalue weighted by Crippen LogP contribution is 2.62. The van der Waals surface area contributed by atoms with Crippen molar-refractivity contribution < 1.29 is 5.11 Å². The van der Waals surface area contributed by atoms with Gasteiger partial charge in [0.05, 0.1) is 5.02 Å². The van der Waals surface area contributed by atoms with Crippen molar-refractivity contribution in [2.45, 2.75) is 52.6 Å². The van der Waals surface area contributed by atoms with E-state index in [4.69, 9.17) is 23.2 Å². The van der Waals surface area contributed by atoms with Gasteiger partial charge in [0.15, 0.2) is 0 Å². The van der Waals surface area contributed by atoms with Crippen LogP contribution in [0.2, 0.25) is 10.0 Å². The van der Waals surface area contributed by atoms with E-state index in [2.05, 4.69) is 26.1 Å². The van der Waals surface area contributed by atoms with Crippen LogP contribution in [-0.2, 0) is 6.54 Å². The van der Waals surface area contributed by atoms with E-state index in [1.807, 2.05) is 0 Å². The Morgan fingerprint density at radius 2 is 2.00 bits per heavy atom. The fourth-order valence-electron chi connectivity index (χ4n) is 4.78. The monoisotopic (exact) mass is 327 g/mol. The second kappa shape index (κ2) is 5.04. The Hall–Kier alpha value is -0.440. The second-order valence-corrected chi connectivity index (χ2v) is 8.47. The van der Waals surface area contributed by atoms with Crippen LogP contribution < -0.4 is 5.32 Å². The zero-order chi connectivity index (χ0) is 15.4. The molecule has 116 valence electrons. The first-order chi connectivity index (χ1) is 9.74. The van der Waals surface area contributed by atoms with Gasteiger partial charge < -0.3 is 10.4 Å². The topological polar surface area (TPSA) is 32.3 Å². The lowest BCUT2D eigenvalue weighted by atomic mass is 9.68. The molecule has 2 N–H and O–H groups in total. The smallest absolute Gasteiger partial charge is 0.138 e. The molecule has 4 heteroatoms. The lowest BCUT2D eigenvalue weighted by molar-refractivity contribution is 0.108. The summed E-state index contributed by atoms with van der Waals surface area (Å²) in [6.45, 7) is 7.72. The highest BCUT2D eigenvalue weighted by molar-refractivity contribution is 6.35. The van der Waals surface area contributed by atoms with Crippen LogP contribution in [0.3, 0.4) is 0 Å². The number of aromatic hydroxyl groups is 1. The van der Waals surface area contributed by atoms with Crippen molar-refractivity contribution in [3.05, 3.63) is 27.7 Å². The van der Waals surface area contributed by atoms with E-state index in [1.54, 1.807) is 12.1 Å². The summed E-state index contributed by atoms with van der Waals surface area (Å²) in [5.41, 5.74) is 1.44. The van der Waals surface area contributed by atoms with Gasteiger partial charge in [-0.2, -0.15) is 0 Å². The molecule has 0 heterocycles. The highest BCUT2D eigenvalue weighted by Gasteiger charge is 2.58. The number of hydrogen-bond acceptors (Lipinski definition) is 2. The van der Waals surface area contributed by atoms with Gasteiger partial charge in [0.2, 0.25) is 0 Å². The Balaban J connectivity index is 1.79. The number of fused-ring (bicyclic) bond motifs is 2. The Morgan fingerprint density at radius 1 is 1.29 bits per heavy atom. The third-order valence-electron chi connectivity index (χ3n) is 5.87. The maximum atomic E-state index is 10.1. The van der Waals surface area contributed by atoms with Crippen LogP contribution in [0, 0.1) is 16.7 Å². The lowest BCUT2D eigenvalue weighted by Crippen LogP contribution is -2.49. The van der Waals surface area contributed by atoms with Gasteiger partial charge >= 0.3 is 0 Å². The van der Waals surface area contributed by atoms with Gasteiger partial charge in [0.1, 0.15) is 5.75 Å². The van der Waals surface area contributed by atoms with Crippen molar-refractivity contribution in [2.75, 3.05) is 0 Å². The van der Waals surface area contributed by atoms with Crippen LogP contribution in [0.4, 0.5) is 0 Å². The molecule has 0 amide bonds. The molecule has 2 aliphatic rings. The average molecular weight is 328 g/mol. The molecule has 2 nitrogen and oxygen atoms in total. The fraction of sp³-hybridized carbons (Fsp3) is 0.647. The summed E-state index contributed by atoms with van der Waals surface area (Å²) in [5.74, 6) is 0.941. The normalized spacial score (nSPS) is 33.6. The molecular weight excluding hydrogens is 305 g/mol. The zero-order valence-corrected chi connectivity index (χ0v) is 14.4. The molecule has 3 atom stereocenters. The van der Waals surface area contributed by atoms with Gasteiger partial charge in [0.25, 0.3) is 0 Å². The SMILES string of the molecule is CC12CCC(C1)C(C)(C)C2NCc1cc(Cl)cc(Cl)c1O. The Kier molecular flexibility index (Phi) is 3.71. The van der Waals surface area contributed by atoms with Gasteiger partial charge in [-0.3, -0.25) is 0 Å². The van der Waals surface area contributed by atoms with Crippen LogP contribution in [0.25, 0.3) is 0 Å². The molecule has 1 aromatic carbocycles. The molecule has 2 aliphatic carbocycles. The molecule has 0 spiro atoms. The summed E-state index contributed by atoms with van der Waals surface area (Å²) in [5, 5.41) is 14.6. The largest absolute Gasteiger partial charge is 0.506 e. The molecule has 2 fully saturated rings. The Morgan fingerprint density at radius 3 is 2.62 bits per heavy atom. The lowest BCUT2D eigenvalue weighted by Gasteiger charge is -2.43. The molecule has 2 bridgehead atoms. The van der Waals surface area contributed by atoms with Gasteiger partial charge in [-0.15, -0.1) is 0 Å². The van der Waals surface area contributed by atoms with E-state index < -0.39 is 0 Å². The van der Waals surface area contributed by atoms with Crippen molar-refractivity contribution in [2.24, 2.45) is 16.7 Å². The quantitative estimate of drug-likeness (QED) is 0.818. The number of phenols is 1. The first-order valence-electron chi connectivity index (χ1n) is 7.64. The van der Waals surface area contributed by atoms with E-state index in [9.17, 15) is 5.11 Å². The van der Waals surface area contributed by atoms with E-state index in [0.29, 0.717) is 33.5 Å². The Labute approximate surface area is 136 Å². The second-order valence-electron chi connectivity index (χ2n) is 7.62.